The first-order valence-corrected chi connectivity index (χ1v) is 10.0. The van der Waals surface area contributed by atoms with Crippen molar-refractivity contribution in [3.8, 4) is 11.3 Å². The number of hydrazone groups is 1. The SMILES string of the molecule is CCCN(/N=C/C1=CCCC=C1C(=O)O)c1nc(-c2ccccc2Cl)cs1. The van der Waals surface area contributed by atoms with Gasteiger partial charge < -0.3 is 5.11 Å². The molecule has 1 aliphatic carbocycles. The summed E-state index contributed by atoms with van der Waals surface area (Å²) in [5.41, 5.74) is 2.63. The summed E-state index contributed by atoms with van der Waals surface area (Å²) in [5.74, 6) is -0.926. The van der Waals surface area contributed by atoms with Gasteiger partial charge in [-0.05, 0) is 25.3 Å². The smallest absolute Gasteiger partial charge is 0.336 e. The van der Waals surface area contributed by atoms with Crippen molar-refractivity contribution in [2.45, 2.75) is 26.2 Å². The monoisotopic (exact) mass is 401 g/mol. The first-order chi connectivity index (χ1) is 13.1. The molecule has 27 heavy (non-hydrogen) atoms. The van der Waals surface area contributed by atoms with Crippen LogP contribution in [-0.2, 0) is 4.79 Å². The predicted octanol–water partition coefficient (Wildman–Crippen LogP) is 5.40. The number of allylic oxidation sites excluding steroid dienone is 2. The van der Waals surface area contributed by atoms with Crippen LogP contribution in [0.25, 0.3) is 11.3 Å². The van der Waals surface area contributed by atoms with Crippen molar-refractivity contribution in [2.75, 3.05) is 11.6 Å². The van der Waals surface area contributed by atoms with Gasteiger partial charge in [0.15, 0.2) is 0 Å². The van der Waals surface area contributed by atoms with E-state index in [9.17, 15) is 9.90 Å². The maximum absolute atomic E-state index is 11.4. The van der Waals surface area contributed by atoms with E-state index in [0.717, 1.165) is 35.7 Å². The van der Waals surface area contributed by atoms with Crippen LogP contribution < -0.4 is 5.01 Å². The van der Waals surface area contributed by atoms with Crippen LogP contribution in [0.4, 0.5) is 5.13 Å². The number of hydrogen-bond donors (Lipinski definition) is 1. The molecule has 1 aromatic carbocycles. The zero-order chi connectivity index (χ0) is 19.2. The molecule has 2 aromatic rings. The van der Waals surface area contributed by atoms with E-state index in [4.69, 9.17) is 11.6 Å². The second-order valence-electron chi connectivity index (χ2n) is 6.02. The van der Waals surface area contributed by atoms with E-state index < -0.39 is 5.97 Å². The number of aliphatic carboxylic acids is 1. The third kappa shape index (κ3) is 4.64. The van der Waals surface area contributed by atoms with Crippen LogP contribution in [0.2, 0.25) is 5.02 Å². The van der Waals surface area contributed by atoms with Crippen LogP contribution in [0, 0.1) is 0 Å². The van der Waals surface area contributed by atoms with E-state index in [-0.39, 0.29) is 0 Å². The summed E-state index contributed by atoms with van der Waals surface area (Å²) in [5, 5.41) is 19.0. The molecule has 5 nitrogen and oxygen atoms in total. The molecule has 3 rings (SSSR count). The van der Waals surface area contributed by atoms with Gasteiger partial charge in [0.05, 0.1) is 17.5 Å². The van der Waals surface area contributed by atoms with Gasteiger partial charge in [0, 0.05) is 28.1 Å². The predicted molar refractivity (Wildman–Crippen MR) is 112 cm³/mol. The Morgan fingerprint density at radius 3 is 2.89 bits per heavy atom. The highest BCUT2D eigenvalue weighted by atomic mass is 35.5. The van der Waals surface area contributed by atoms with Crippen molar-refractivity contribution in [2.24, 2.45) is 5.10 Å². The molecule has 1 aliphatic rings. The van der Waals surface area contributed by atoms with E-state index in [2.05, 4.69) is 17.0 Å². The largest absolute Gasteiger partial charge is 0.478 e. The van der Waals surface area contributed by atoms with Gasteiger partial charge in [-0.25, -0.2) is 14.8 Å². The molecule has 0 radical (unpaired) electrons. The van der Waals surface area contributed by atoms with Gasteiger partial charge in [0.1, 0.15) is 0 Å². The topological polar surface area (TPSA) is 65.8 Å². The zero-order valence-electron chi connectivity index (χ0n) is 14.9. The molecule has 7 heteroatoms. The number of aromatic nitrogens is 1. The molecule has 0 spiro atoms. The van der Waals surface area contributed by atoms with Crippen molar-refractivity contribution in [3.05, 3.63) is 58.0 Å². The number of hydrogen-bond acceptors (Lipinski definition) is 5. The minimum absolute atomic E-state index is 0.303. The summed E-state index contributed by atoms with van der Waals surface area (Å²) >= 11 is 7.76. The maximum Gasteiger partial charge on any atom is 0.336 e. The Morgan fingerprint density at radius 1 is 1.37 bits per heavy atom. The van der Waals surface area contributed by atoms with Crippen LogP contribution in [0.3, 0.4) is 0 Å². The minimum atomic E-state index is -0.926. The highest BCUT2D eigenvalue weighted by molar-refractivity contribution is 7.14. The van der Waals surface area contributed by atoms with Gasteiger partial charge in [-0.1, -0.05) is 48.9 Å². The molecule has 0 saturated heterocycles. The highest BCUT2D eigenvalue weighted by Gasteiger charge is 2.16. The average Bonchev–Trinajstić information content (AvgIpc) is 3.15. The molecule has 0 aliphatic heterocycles. The lowest BCUT2D eigenvalue weighted by molar-refractivity contribution is -0.132. The summed E-state index contributed by atoms with van der Waals surface area (Å²) in [7, 11) is 0. The fourth-order valence-corrected chi connectivity index (χ4v) is 3.79. The number of thiazole rings is 1. The van der Waals surface area contributed by atoms with E-state index >= 15 is 0 Å². The fourth-order valence-electron chi connectivity index (χ4n) is 2.75. The fraction of sp³-hybridized carbons (Fsp3) is 0.250. The summed E-state index contributed by atoms with van der Waals surface area (Å²) < 4.78 is 0. The standard InChI is InChI=1S/C20H20ClN3O2S/c1-2-11-24(22-12-14-7-3-4-8-15(14)19(25)26)20-23-18(13-27-20)16-9-5-6-10-17(16)21/h5-10,12-13H,2-4,11H2,1H3,(H,25,26)/b22-12+. The molecule has 0 fully saturated rings. The lowest BCUT2D eigenvalue weighted by Crippen LogP contribution is -2.18. The molecule has 0 unspecified atom stereocenters. The second-order valence-corrected chi connectivity index (χ2v) is 7.27. The molecule has 0 amide bonds. The number of carboxylic acids is 1. The van der Waals surface area contributed by atoms with Crippen molar-refractivity contribution in [1.29, 1.82) is 0 Å². The summed E-state index contributed by atoms with van der Waals surface area (Å²) in [4.78, 5) is 16.1. The third-order valence-corrected chi connectivity index (χ3v) is 5.24. The number of rotatable bonds is 7. The van der Waals surface area contributed by atoms with Crippen molar-refractivity contribution in [1.82, 2.24) is 4.98 Å². The minimum Gasteiger partial charge on any atom is -0.478 e. The van der Waals surface area contributed by atoms with Crippen LogP contribution in [-0.4, -0.2) is 28.8 Å². The molecule has 0 saturated carbocycles. The van der Waals surface area contributed by atoms with Gasteiger partial charge >= 0.3 is 5.97 Å². The van der Waals surface area contributed by atoms with E-state index in [1.807, 2.05) is 35.7 Å². The molecule has 1 N–H and O–H groups in total. The second kappa shape index (κ2) is 8.97. The quantitative estimate of drug-likeness (QED) is 0.498. The first kappa shape index (κ1) is 19.3. The Balaban J connectivity index is 1.84. The Labute approximate surface area is 167 Å². The number of halogens is 1. The van der Waals surface area contributed by atoms with E-state index in [1.54, 1.807) is 17.3 Å². The average molecular weight is 402 g/mol. The lowest BCUT2D eigenvalue weighted by Gasteiger charge is -2.15. The third-order valence-electron chi connectivity index (χ3n) is 4.06. The highest BCUT2D eigenvalue weighted by Crippen LogP contribution is 2.32. The molecule has 0 atom stereocenters. The van der Waals surface area contributed by atoms with Gasteiger partial charge in [0.2, 0.25) is 5.13 Å². The van der Waals surface area contributed by atoms with E-state index in [0.29, 0.717) is 22.7 Å². The van der Waals surface area contributed by atoms with Crippen LogP contribution in [0.15, 0.2) is 58.0 Å². The van der Waals surface area contributed by atoms with Gasteiger partial charge in [-0.3, -0.25) is 0 Å². The summed E-state index contributed by atoms with van der Waals surface area (Å²) in [6.07, 6.45) is 7.72. The molecule has 140 valence electrons. The first-order valence-electron chi connectivity index (χ1n) is 8.76. The van der Waals surface area contributed by atoms with Crippen molar-refractivity contribution >= 4 is 40.3 Å². The van der Waals surface area contributed by atoms with Gasteiger partial charge in [0.25, 0.3) is 0 Å². The lowest BCUT2D eigenvalue weighted by atomic mass is 9.99. The molecule has 1 heterocycles. The molecular weight excluding hydrogens is 382 g/mol. The summed E-state index contributed by atoms with van der Waals surface area (Å²) in [6.45, 7) is 2.75. The van der Waals surface area contributed by atoms with Crippen molar-refractivity contribution in [3.63, 3.8) is 0 Å². The molecular formula is C20H20ClN3O2S. The van der Waals surface area contributed by atoms with Crippen LogP contribution >= 0.6 is 22.9 Å². The Bertz CT molecular complexity index is 917. The number of carboxylic acid groups (broad SMARTS) is 1. The zero-order valence-corrected chi connectivity index (χ0v) is 16.5. The van der Waals surface area contributed by atoms with E-state index in [1.165, 1.54) is 11.3 Å². The van der Waals surface area contributed by atoms with Crippen LogP contribution in [0.5, 0.6) is 0 Å². The van der Waals surface area contributed by atoms with Gasteiger partial charge in [-0.15, -0.1) is 11.3 Å². The Hall–Kier alpha value is -2.44. The molecule has 1 aromatic heterocycles. The molecule has 0 bridgehead atoms. The van der Waals surface area contributed by atoms with Gasteiger partial charge in [-0.2, -0.15) is 5.10 Å². The normalized spacial score (nSPS) is 14.1. The van der Waals surface area contributed by atoms with Crippen LogP contribution in [0.1, 0.15) is 26.2 Å². The van der Waals surface area contributed by atoms with Crippen molar-refractivity contribution < 1.29 is 9.90 Å². The number of carbonyl (C=O) groups is 1. The Morgan fingerprint density at radius 2 is 2.15 bits per heavy atom. The number of benzene rings is 1. The summed E-state index contributed by atoms with van der Waals surface area (Å²) in [6, 6.07) is 7.59. The maximum atomic E-state index is 11.4. The number of nitrogens with zero attached hydrogens (tertiary/aromatic N) is 3. The number of anilines is 1. The Kier molecular flexibility index (Phi) is 6.42.